The van der Waals surface area contributed by atoms with E-state index in [1.807, 2.05) is 0 Å². The third kappa shape index (κ3) is 3.36. The van der Waals surface area contributed by atoms with Crippen molar-refractivity contribution in [2.75, 3.05) is 0 Å². The van der Waals surface area contributed by atoms with Gasteiger partial charge in [0.1, 0.15) is 5.82 Å². The zero-order valence-corrected chi connectivity index (χ0v) is 12.3. The molecule has 1 aliphatic carbocycles. The summed E-state index contributed by atoms with van der Waals surface area (Å²) in [4.78, 5) is 24.6. The topological polar surface area (TPSA) is 63.4 Å². The molecule has 2 aromatic rings. The van der Waals surface area contributed by atoms with Gasteiger partial charge in [-0.1, -0.05) is 24.3 Å². The first kappa shape index (κ1) is 15.1. The number of nitrogens with zero attached hydrogens (tertiary/aromatic N) is 2. The van der Waals surface area contributed by atoms with Gasteiger partial charge in [0.25, 0.3) is 11.6 Å². The number of nitro groups is 1. The number of halogens is 1. The summed E-state index contributed by atoms with van der Waals surface area (Å²) in [6.07, 6.45) is 1.74. The number of non-ortho nitro benzene ring substituents is 1. The summed E-state index contributed by atoms with van der Waals surface area (Å²) in [5.74, 6) is -0.663. The Bertz CT molecular complexity index is 759. The summed E-state index contributed by atoms with van der Waals surface area (Å²) < 4.78 is 13.8. The molecule has 0 bridgehead atoms. The van der Waals surface area contributed by atoms with Crippen LogP contribution in [0.4, 0.5) is 10.1 Å². The number of carbonyl (C=O) groups is 1. The predicted molar refractivity (Wildman–Crippen MR) is 82.4 cm³/mol. The molecule has 1 aliphatic rings. The number of carbonyl (C=O) groups excluding carboxylic acids is 1. The maximum Gasteiger partial charge on any atom is 0.270 e. The molecule has 0 spiro atoms. The van der Waals surface area contributed by atoms with E-state index in [9.17, 15) is 19.3 Å². The summed E-state index contributed by atoms with van der Waals surface area (Å²) in [7, 11) is 0. The Hall–Kier alpha value is -2.76. The van der Waals surface area contributed by atoms with E-state index in [4.69, 9.17) is 0 Å². The molecular weight excluding hydrogens is 299 g/mol. The summed E-state index contributed by atoms with van der Waals surface area (Å²) in [5.41, 5.74) is 0.568. The Kier molecular flexibility index (Phi) is 4.06. The first-order chi connectivity index (χ1) is 11.1. The van der Waals surface area contributed by atoms with Gasteiger partial charge in [-0.05, 0) is 25.0 Å². The van der Waals surface area contributed by atoms with Crippen molar-refractivity contribution in [2.45, 2.75) is 25.4 Å². The normalized spacial score (nSPS) is 13.6. The van der Waals surface area contributed by atoms with Crippen molar-refractivity contribution in [3.05, 3.63) is 75.6 Å². The molecule has 118 valence electrons. The van der Waals surface area contributed by atoms with E-state index >= 15 is 0 Å². The van der Waals surface area contributed by atoms with Crippen molar-refractivity contribution in [2.24, 2.45) is 0 Å². The Labute approximate surface area is 132 Å². The highest BCUT2D eigenvalue weighted by molar-refractivity contribution is 5.95. The van der Waals surface area contributed by atoms with Gasteiger partial charge in [0.05, 0.1) is 4.92 Å². The summed E-state index contributed by atoms with van der Waals surface area (Å²) in [5, 5.41) is 10.9. The van der Waals surface area contributed by atoms with Gasteiger partial charge in [0.2, 0.25) is 0 Å². The van der Waals surface area contributed by atoms with Gasteiger partial charge in [-0.3, -0.25) is 14.9 Å². The van der Waals surface area contributed by atoms with Crippen molar-refractivity contribution in [3.63, 3.8) is 0 Å². The average Bonchev–Trinajstić information content (AvgIpc) is 3.38. The lowest BCUT2D eigenvalue weighted by molar-refractivity contribution is -0.384. The average molecular weight is 314 g/mol. The molecule has 0 saturated heterocycles. The van der Waals surface area contributed by atoms with Crippen LogP contribution in [-0.2, 0) is 6.54 Å². The number of hydrogen-bond acceptors (Lipinski definition) is 3. The highest BCUT2D eigenvalue weighted by Crippen LogP contribution is 2.30. The van der Waals surface area contributed by atoms with Crippen LogP contribution in [0.5, 0.6) is 0 Å². The fraction of sp³-hybridized carbons (Fsp3) is 0.235. The lowest BCUT2D eigenvalue weighted by Gasteiger charge is -2.23. The Balaban J connectivity index is 1.86. The number of rotatable bonds is 5. The van der Waals surface area contributed by atoms with E-state index < -0.39 is 4.92 Å². The van der Waals surface area contributed by atoms with Gasteiger partial charge in [0, 0.05) is 35.8 Å². The van der Waals surface area contributed by atoms with Crippen LogP contribution in [0.15, 0.2) is 48.5 Å². The van der Waals surface area contributed by atoms with Gasteiger partial charge in [-0.2, -0.15) is 0 Å². The molecule has 0 aromatic heterocycles. The summed E-state index contributed by atoms with van der Waals surface area (Å²) in [6, 6.07) is 12.0. The van der Waals surface area contributed by atoms with E-state index in [0.717, 1.165) is 12.8 Å². The van der Waals surface area contributed by atoms with Crippen molar-refractivity contribution in [1.82, 2.24) is 4.90 Å². The van der Waals surface area contributed by atoms with E-state index in [1.54, 1.807) is 29.2 Å². The Morgan fingerprint density at radius 3 is 2.61 bits per heavy atom. The Morgan fingerprint density at radius 2 is 1.96 bits per heavy atom. The number of hydrogen-bond donors (Lipinski definition) is 0. The fourth-order valence-electron chi connectivity index (χ4n) is 2.48. The first-order valence-corrected chi connectivity index (χ1v) is 7.35. The zero-order valence-electron chi connectivity index (χ0n) is 12.3. The van der Waals surface area contributed by atoms with E-state index in [-0.39, 0.29) is 35.6 Å². The Morgan fingerprint density at radius 1 is 1.22 bits per heavy atom. The molecule has 23 heavy (non-hydrogen) atoms. The molecular formula is C17H15FN2O3. The maximum absolute atomic E-state index is 13.8. The molecule has 3 rings (SSSR count). The second-order valence-corrected chi connectivity index (χ2v) is 5.56. The molecule has 0 unspecified atom stereocenters. The zero-order chi connectivity index (χ0) is 16.4. The molecule has 0 aliphatic heterocycles. The van der Waals surface area contributed by atoms with E-state index in [1.165, 1.54) is 24.3 Å². The van der Waals surface area contributed by atoms with Gasteiger partial charge >= 0.3 is 0 Å². The molecule has 6 heteroatoms. The molecule has 5 nitrogen and oxygen atoms in total. The minimum absolute atomic E-state index is 0.0707. The smallest absolute Gasteiger partial charge is 0.270 e. The molecule has 1 fully saturated rings. The van der Waals surface area contributed by atoms with E-state index in [2.05, 4.69) is 0 Å². The minimum atomic E-state index is -0.533. The van der Waals surface area contributed by atoms with Crippen molar-refractivity contribution < 1.29 is 14.1 Å². The molecule has 2 aromatic carbocycles. The fourth-order valence-corrected chi connectivity index (χ4v) is 2.48. The molecule has 1 saturated carbocycles. The highest BCUT2D eigenvalue weighted by Gasteiger charge is 2.33. The van der Waals surface area contributed by atoms with Crippen molar-refractivity contribution >= 4 is 11.6 Å². The van der Waals surface area contributed by atoms with Crippen molar-refractivity contribution in [3.8, 4) is 0 Å². The second-order valence-electron chi connectivity index (χ2n) is 5.56. The SMILES string of the molecule is O=C(c1cccc([N+](=O)[O-])c1)N(Cc1ccccc1F)C1CC1. The predicted octanol–water partition coefficient (Wildman–Crippen LogP) is 3.54. The quantitative estimate of drug-likeness (QED) is 0.626. The largest absolute Gasteiger partial charge is 0.331 e. The van der Waals surface area contributed by atoms with Gasteiger partial charge < -0.3 is 4.90 Å². The van der Waals surface area contributed by atoms with Gasteiger partial charge in [-0.15, -0.1) is 0 Å². The summed E-state index contributed by atoms with van der Waals surface area (Å²) >= 11 is 0. The van der Waals surface area contributed by atoms with Gasteiger partial charge in [0.15, 0.2) is 0 Å². The number of nitro benzene ring substituents is 1. The van der Waals surface area contributed by atoms with Crippen LogP contribution in [0.3, 0.4) is 0 Å². The third-order valence-corrected chi connectivity index (χ3v) is 3.85. The molecule has 0 N–H and O–H groups in total. The number of amides is 1. The molecule has 0 heterocycles. The number of benzene rings is 2. The lowest BCUT2D eigenvalue weighted by Crippen LogP contribution is -2.33. The summed E-state index contributed by atoms with van der Waals surface area (Å²) in [6.45, 7) is 0.166. The van der Waals surface area contributed by atoms with Gasteiger partial charge in [-0.25, -0.2) is 4.39 Å². The van der Waals surface area contributed by atoms with Crippen LogP contribution in [0, 0.1) is 15.9 Å². The molecule has 1 amide bonds. The van der Waals surface area contributed by atoms with E-state index in [0.29, 0.717) is 5.56 Å². The van der Waals surface area contributed by atoms with Crippen LogP contribution in [0.2, 0.25) is 0 Å². The van der Waals surface area contributed by atoms with Crippen LogP contribution in [0.25, 0.3) is 0 Å². The lowest BCUT2D eigenvalue weighted by atomic mass is 10.1. The minimum Gasteiger partial charge on any atom is -0.331 e. The maximum atomic E-state index is 13.8. The first-order valence-electron chi connectivity index (χ1n) is 7.35. The van der Waals surface area contributed by atoms with Crippen LogP contribution < -0.4 is 0 Å². The molecule has 0 atom stereocenters. The van der Waals surface area contributed by atoms with Crippen molar-refractivity contribution in [1.29, 1.82) is 0 Å². The van der Waals surface area contributed by atoms with Crippen LogP contribution in [-0.4, -0.2) is 21.8 Å². The van der Waals surface area contributed by atoms with Crippen LogP contribution >= 0.6 is 0 Å². The van der Waals surface area contributed by atoms with Crippen LogP contribution in [0.1, 0.15) is 28.8 Å². The molecule has 0 radical (unpaired) electrons. The standard InChI is InChI=1S/C17H15FN2O3/c18-16-7-2-1-4-13(16)11-19(14-8-9-14)17(21)12-5-3-6-15(10-12)20(22)23/h1-7,10,14H,8-9,11H2. The monoisotopic (exact) mass is 314 g/mol. The third-order valence-electron chi connectivity index (χ3n) is 3.85. The second kappa shape index (κ2) is 6.16. The highest BCUT2D eigenvalue weighted by atomic mass is 19.1.